The van der Waals surface area contributed by atoms with Crippen molar-refractivity contribution >= 4 is 0 Å². The molecule has 0 aliphatic heterocycles. The van der Waals surface area contributed by atoms with Crippen LogP contribution in [0.15, 0.2) is 24.3 Å². The van der Waals surface area contributed by atoms with Crippen LogP contribution in [-0.2, 0) is 6.42 Å². The molecule has 24 heavy (non-hydrogen) atoms. The van der Waals surface area contributed by atoms with Crippen LogP contribution in [0.3, 0.4) is 0 Å². The van der Waals surface area contributed by atoms with Gasteiger partial charge in [-0.05, 0) is 68.1 Å². The van der Waals surface area contributed by atoms with Crippen LogP contribution in [0.4, 0.5) is 13.2 Å². The number of hydrogen-bond acceptors (Lipinski definition) is 0. The third-order valence-electron chi connectivity index (χ3n) is 5.16. The summed E-state index contributed by atoms with van der Waals surface area (Å²) in [6, 6.07) is 2.18. The van der Waals surface area contributed by atoms with Crippen LogP contribution in [0.25, 0.3) is 0 Å². The molecule has 1 aromatic rings. The Morgan fingerprint density at radius 3 is 2.29 bits per heavy atom. The zero-order valence-corrected chi connectivity index (χ0v) is 14.7. The normalized spacial score (nSPS) is 21.5. The lowest BCUT2D eigenvalue weighted by molar-refractivity contribution is 0.289. The molecule has 3 heteroatoms. The molecule has 1 fully saturated rings. The Hall–Kier alpha value is -1.25. The van der Waals surface area contributed by atoms with Gasteiger partial charge in [0.1, 0.15) is 0 Å². The predicted octanol–water partition coefficient (Wildman–Crippen LogP) is 6.98. The Kier molecular flexibility index (Phi) is 7.87. The molecule has 1 saturated carbocycles. The van der Waals surface area contributed by atoms with Crippen LogP contribution in [0.2, 0.25) is 0 Å². The minimum atomic E-state index is -1.38. The zero-order chi connectivity index (χ0) is 17.4. The summed E-state index contributed by atoms with van der Waals surface area (Å²) >= 11 is 0. The molecule has 0 saturated heterocycles. The van der Waals surface area contributed by atoms with Gasteiger partial charge in [-0.25, -0.2) is 13.2 Å². The van der Waals surface area contributed by atoms with E-state index in [1.54, 1.807) is 0 Å². The number of hydrogen-bond donors (Lipinski definition) is 0. The van der Waals surface area contributed by atoms with Crippen molar-refractivity contribution in [1.82, 2.24) is 0 Å². The third-order valence-corrected chi connectivity index (χ3v) is 5.16. The summed E-state index contributed by atoms with van der Waals surface area (Å²) in [5, 5.41) is 0. The standard InChI is InChI=1S/C21H29F3/c1-2-3-4-7-16-10-12-17(13-11-16)8-5-6-9-18-14-19(22)21(24)20(23)15-18/h5,8,14-17H,2-4,6-7,9-13H2,1H3. The molecule has 2 rings (SSSR count). The molecule has 0 atom stereocenters. The van der Waals surface area contributed by atoms with Crippen LogP contribution in [0, 0.1) is 29.3 Å². The van der Waals surface area contributed by atoms with E-state index in [1.807, 2.05) is 0 Å². The molecule has 0 bridgehead atoms. The van der Waals surface area contributed by atoms with Crippen LogP contribution in [-0.4, -0.2) is 0 Å². The van der Waals surface area contributed by atoms with Crippen molar-refractivity contribution < 1.29 is 13.2 Å². The van der Waals surface area contributed by atoms with Gasteiger partial charge in [0, 0.05) is 0 Å². The quantitative estimate of drug-likeness (QED) is 0.272. The van der Waals surface area contributed by atoms with Gasteiger partial charge in [0.2, 0.25) is 0 Å². The van der Waals surface area contributed by atoms with Gasteiger partial charge in [-0.15, -0.1) is 0 Å². The highest BCUT2D eigenvalue weighted by Gasteiger charge is 2.18. The molecule has 0 heterocycles. The lowest BCUT2D eigenvalue weighted by Gasteiger charge is -2.26. The van der Waals surface area contributed by atoms with Gasteiger partial charge in [0.05, 0.1) is 0 Å². The first-order chi connectivity index (χ1) is 11.6. The van der Waals surface area contributed by atoms with Crippen molar-refractivity contribution in [2.24, 2.45) is 11.8 Å². The fourth-order valence-corrected chi connectivity index (χ4v) is 3.64. The summed E-state index contributed by atoms with van der Waals surface area (Å²) in [6.45, 7) is 2.25. The smallest absolute Gasteiger partial charge is 0.194 e. The van der Waals surface area contributed by atoms with Crippen molar-refractivity contribution in [2.75, 3.05) is 0 Å². The number of benzene rings is 1. The van der Waals surface area contributed by atoms with Crippen molar-refractivity contribution in [2.45, 2.75) is 71.1 Å². The van der Waals surface area contributed by atoms with Gasteiger partial charge < -0.3 is 0 Å². The molecule has 134 valence electrons. The molecular formula is C21H29F3. The number of allylic oxidation sites excluding steroid dienone is 2. The number of rotatable bonds is 8. The molecule has 0 radical (unpaired) electrons. The van der Waals surface area contributed by atoms with Crippen molar-refractivity contribution in [3.63, 3.8) is 0 Å². The number of aryl methyl sites for hydroxylation is 1. The first kappa shape index (κ1) is 19.1. The molecule has 1 aromatic carbocycles. The van der Waals surface area contributed by atoms with E-state index in [0.29, 0.717) is 17.9 Å². The minimum Gasteiger partial charge on any atom is -0.204 e. The predicted molar refractivity (Wildman–Crippen MR) is 93.4 cm³/mol. The maximum absolute atomic E-state index is 13.2. The maximum Gasteiger partial charge on any atom is 0.194 e. The van der Waals surface area contributed by atoms with Gasteiger partial charge in [0.15, 0.2) is 17.5 Å². The van der Waals surface area contributed by atoms with E-state index in [4.69, 9.17) is 0 Å². The Balaban J connectivity index is 1.68. The maximum atomic E-state index is 13.2. The average Bonchev–Trinajstić information content (AvgIpc) is 2.58. The van der Waals surface area contributed by atoms with E-state index < -0.39 is 17.5 Å². The Labute approximate surface area is 144 Å². The zero-order valence-electron chi connectivity index (χ0n) is 14.7. The Morgan fingerprint density at radius 1 is 1.00 bits per heavy atom. The molecule has 0 spiro atoms. The molecule has 0 unspecified atom stereocenters. The first-order valence-electron chi connectivity index (χ1n) is 9.40. The van der Waals surface area contributed by atoms with E-state index in [0.717, 1.165) is 24.5 Å². The first-order valence-corrected chi connectivity index (χ1v) is 9.40. The second-order valence-corrected chi connectivity index (χ2v) is 7.12. The topological polar surface area (TPSA) is 0 Å². The van der Waals surface area contributed by atoms with Crippen LogP contribution in [0.1, 0.15) is 70.3 Å². The molecular weight excluding hydrogens is 309 g/mol. The number of unbranched alkanes of at least 4 members (excludes halogenated alkanes) is 2. The third kappa shape index (κ3) is 5.99. The van der Waals surface area contributed by atoms with Crippen molar-refractivity contribution in [1.29, 1.82) is 0 Å². The summed E-state index contributed by atoms with van der Waals surface area (Å²) < 4.78 is 39.2. The van der Waals surface area contributed by atoms with E-state index in [2.05, 4.69) is 19.1 Å². The van der Waals surface area contributed by atoms with Gasteiger partial charge in [-0.1, -0.05) is 44.8 Å². The molecule has 0 aromatic heterocycles. The summed E-state index contributed by atoms with van der Waals surface area (Å²) in [5.41, 5.74) is 0.510. The van der Waals surface area contributed by atoms with Crippen molar-refractivity contribution in [3.05, 3.63) is 47.3 Å². The van der Waals surface area contributed by atoms with Crippen LogP contribution in [0.5, 0.6) is 0 Å². The lowest BCUT2D eigenvalue weighted by atomic mass is 9.79. The van der Waals surface area contributed by atoms with Gasteiger partial charge in [-0.3, -0.25) is 0 Å². The SMILES string of the molecule is CCCCCC1CCC(C=CCCc2cc(F)c(F)c(F)c2)CC1. The van der Waals surface area contributed by atoms with E-state index in [1.165, 1.54) is 51.4 Å². The Bertz CT molecular complexity index is 505. The highest BCUT2D eigenvalue weighted by molar-refractivity contribution is 5.20. The molecule has 0 nitrogen and oxygen atoms in total. The highest BCUT2D eigenvalue weighted by Crippen LogP contribution is 2.32. The largest absolute Gasteiger partial charge is 0.204 e. The van der Waals surface area contributed by atoms with Gasteiger partial charge in [-0.2, -0.15) is 0 Å². The van der Waals surface area contributed by atoms with Crippen molar-refractivity contribution in [3.8, 4) is 0 Å². The summed E-state index contributed by atoms with van der Waals surface area (Å²) in [5.74, 6) is -2.03. The molecule has 0 amide bonds. The highest BCUT2D eigenvalue weighted by atomic mass is 19.2. The van der Waals surface area contributed by atoms with Gasteiger partial charge in [0.25, 0.3) is 0 Å². The summed E-state index contributed by atoms with van der Waals surface area (Å²) in [4.78, 5) is 0. The second-order valence-electron chi connectivity index (χ2n) is 7.12. The monoisotopic (exact) mass is 338 g/mol. The second kappa shape index (κ2) is 9.90. The minimum absolute atomic E-state index is 0.510. The summed E-state index contributed by atoms with van der Waals surface area (Å²) in [6.07, 6.45) is 16.2. The fourth-order valence-electron chi connectivity index (χ4n) is 3.64. The van der Waals surface area contributed by atoms with Crippen LogP contribution < -0.4 is 0 Å². The molecule has 0 N–H and O–H groups in total. The Morgan fingerprint density at radius 2 is 1.67 bits per heavy atom. The van der Waals surface area contributed by atoms with Crippen LogP contribution >= 0.6 is 0 Å². The van der Waals surface area contributed by atoms with E-state index in [-0.39, 0.29) is 0 Å². The van der Waals surface area contributed by atoms with E-state index in [9.17, 15) is 13.2 Å². The number of halogens is 3. The van der Waals surface area contributed by atoms with E-state index >= 15 is 0 Å². The average molecular weight is 338 g/mol. The fraction of sp³-hybridized carbons (Fsp3) is 0.619. The lowest BCUT2D eigenvalue weighted by Crippen LogP contribution is -2.13. The van der Waals surface area contributed by atoms with Gasteiger partial charge >= 0.3 is 0 Å². The molecule has 1 aliphatic rings. The summed E-state index contributed by atoms with van der Waals surface area (Å²) in [7, 11) is 0. The molecule has 1 aliphatic carbocycles.